The molecule has 0 bridgehead atoms. The SMILES string of the molecule is NCCc1nc(CC(=O)Nc2cc(C(=O)O)ccc2Cl)cs1. The quantitative estimate of drug-likeness (QED) is 0.748. The molecule has 0 saturated carbocycles. The summed E-state index contributed by atoms with van der Waals surface area (Å²) in [6, 6.07) is 4.13. The van der Waals surface area contributed by atoms with Gasteiger partial charge >= 0.3 is 5.97 Å². The molecule has 22 heavy (non-hydrogen) atoms. The Kier molecular flexibility index (Phi) is 5.48. The van der Waals surface area contributed by atoms with Crippen molar-refractivity contribution in [1.29, 1.82) is 0 Å². The first-order chi connectivity index (χ1) is 10.5. The van der Waals surface area contributed by atoms with Crippen LogP contribution in [-0.2, 0) is 17.6 Å². The van der Waals surface area contributed by atoms with Crippen LogP contribution in [0.3, 0.4) is 0 Å². The molecule has 116 valence electrons. The molecule has 1 aromatic heterocycles. The summed E-state index contributed by atoms with van der Waals surface area (Å²) in [5.74, 6) is -1.40. The number of rotatable bonds is 6. The maximum Gasteiger partial charge on any atom is 0.335 e. The molecular formula is C14H14ClN3O3S. The Balaban J connectivity index is 2.05. The number of halogens is 1. The molecule has 0 radical (unpaired) electrons. The van der Waals surface area contributed by atoms with Gasteiger partial charge in [0, 0.05) is 11.8 Å². The highest BCUT2D eigenvalue weighted by Gasteiger charge is 2.12. The minimum Gasteiger partial charge on any atom is -0.478 e. The van der Waals surface area contributed by atoms with E-state index in [1.807, 2.05) is 0 Å². The van der Waals surface area contributed by atoms with E-state index in [-0.39, 0.29) is 28.6 Å². The predicted octanol–water partition coefficient (Wildman–Crippen LogP) is 2.18. The van der Waals surface area contributed by atoms with Crippen molar-refractivity contribution >= 4 is 40.5 Å². The molecule has 0 atom stereocenters. The van der Waals surface area contributed by atoms with Crippen molar-refractivity contribution in [2.75, 3.05) is 11.9 Å². The van der Waals surface area contributed by atoms with Gasteiger partial charge in [-0.2, -0.15) is 0 Å². The second-order valence-electron chi connectivity index (χ2n) is 4.50. The molecule has 0 spiro atoms. The monoisotopic (exact) mass is 339 g/mol. The summed E-state index contributed by atoms with van der Waals surface area (Å²) in [5.41, 5.74) is 6.42. The van der Waals surface area contributed by atoms with Crippen LogP contribution in [0, 0.1) is 0 Å². The van der Waals surface area contributed by atoms with Crippen LogP contribution >= 0.6 is 22.9 Å². The van der Waals surface area contributed by atoms with Gasteiger partial charge in [0.1, 0.15) is 0 Å². The number of aromatic carboxylic acids is 1. The summed E-state index contributed by atoms with van der Waals surface area (Å²) in [7, 11) is 0. The molecule has 0 aliphatic rings. The first kappa shape index (κ1) is 16.4. The second-order valence-corrected chi connectivity index (χ2v) is 5.85. The van der Waals surface area contributed by atoms with Crippen molar-refractivity contribution in [1.82, 2.24) is 4.98 Å². The molecule has 6 nitrogen and oxygen atoms in total. The third kappa shape index (κ3) is 4.27. The maximum atomic E-state index is 12.0. The smallest absolute Gasteiger partial charge is 0.335 e. The van der Waals surface area contributed by atoms with Gasteiger partial charge in [-0.3, -0.25) is 4.79 Å². The van der Waals surface area contributed by atoms with Gasteiger partial charge in [-0.05, 0) is 24.7 Å². The fourth-order valence-corrected chi connectivity index (χ4v) is 2.76. The lowest BCUT2D eigenvalue weighted by Crippen LogP contribution is -2.15. The zero-order chi connectivity index (χ0) is 16.1. The van der Waals surface area contributed by atoms with Crippen LogP contribution in [0.1, 0.15) is 21.1 Å². The molecule has 1 amide bonds. The lowest BCUT2D eigenvalue weighted by molar-refractivity contribution is -0.115. The van der Waals surface area contributed by atoms with Crippen molar-refractivity contribution in [2.24, 2.45) is 5.73 Å². The van der Waals surface area contributed by atoms with E-state index in [1.165, 1.54) is 29.5 Å². The van der Waals surface area contributed by atoms with Crippen LogP contribution in [0.15, 0.2) is 23.6 Å². The van der Waals surface area contributed by atoms with Crippen molar-refractivity contribution in [3.05, 3.63) is 44.9 Å². The number of benzene rings is 1. The number of carbonyl (C=O) groups excluding carboxylic acids is 1. The first-order valence-electron chi connectivity index (χ1n) is 6.45. The van der Waals surface area contributed by atoms with Gasteiger partial charge in [0.2, 0.25) is 5.91 Å². The van der Waals surface area contributed by atoms with Gasteiger partial charge in [-0.1, -0.05) is 11.6 Å². The summed E-state index contributed by atoms with van der Waals surface area (Å²) < 4.78 is 0. The number of anilines is 1. The van der Waals surface area contributed by atoms with Crippen LogP contribution in [0.2, 0.25) is 5.02 Å². The molecular weight excluding hydrogens is 326 g/mol. The second kappa shape index (κ2) is 7.35. The predicted molar refractivity (Wildman–Crippen MR) is 85.6 cm³/mol. The molecule has 4 N–H and O–H groups in total. The van der Waals surface area contributed by atoms with Gasteiger partial charge < -0.3 is 16.2 Å². The Labute approximate surface area is 135 Å². The van der Waals surface area contributed by atoms with E-state index in [4.69, 9.17) is 22.4 Å². The summed E-state index contributed by atoms with van der Waals surface area (Å²) in [4.78, 5) is 27.2. The molecule has 0 saturated heterocycles. The van der Waals surface area contributed by atoms with Crippen molar-refractivity contribution in [3.8, 4) is 0 Å². The van der Waals surface area contributed by atoms with Gasteiger partial charge in [-0.25, -0.2) is 9.78 Å². The maximum absolute atomic E-state index is 12.0. The molecule has 0 fully saturated rings. The highest BCUT2D eigenvalue weighted by atomic mass is 35.5. The Morgan fingerprint density at radius 1 is 1.41 bits per heavy atom. The minimum absolute atomic E-state index is 0.0543. The number of carbonyl (C=O) groups is 2. The third-order valence-electron chi connectivity index (χ3n) is 2.79. The van der Waals surface area contributed by atoms with E-state index in [0.717, 1.165) is 5.01 Å². The standard InChI is InChI=1S/C14H14ClN3O3S/c15-10-2-1-8(14(20)21)5-11(10)18-12(19)6-9-7-22-13(17-9)3-4-16/h1-2,5,7H,3-4,6,16H2,(H,18,19)(H,20,21). The van der Waals surface area contributed by atoms with E-state index >= 15 is 0 Å². The number of hydrogen-bond donors (Lipinski definition) is 3. The van der Waals surface area contributed by atoms with Crippen LogP contribution in [0.5, 0.6) is 0 Å². The topological polar surface area (TPSA) is 105 Å². The normalized spacial score (nSPS) is 10.5. The van der Waals surface area contributed by atoms with Crippen molar-refractivity contribution in [3.63, 3.8) is 0 Å². The molecule has 2 rings (SSSR count). The average molecular weight is 340 g/mol. The minimum atomic E-state index is -1.09. The highest BCUT2D eigenvalue weighted by Crippen LogP contribution is 2.23. The number of nitrogens with two attached hydrogens (primary N) is 1. The largest absolute Gasteiger partial charge is 0.478 e. The van der Waals surface area contributed by atoms with Crippen LogP contribution < -0.4 is 11.1 Å². The Bertz CT molecular complexity index is 702. The first-order valence-corrected chi connectivity index (χ1v) is 7.71. The lowest BCUT2D eigenvalue weighted by atomic mass is 10.2. The van der Waals surface area contributed by atoms with E-state index < -0.39 is 5.97 Å². The summed E-state index contributed by atoms with van der Waals surface area (Å²) in [5, 5.41) is 14.5. The summed E-state index contributed by atoms with van der Waals surface area (Å²) in [6.45, 7) is 0.511. The van der Waals surface area contributed by atoms with Crippen LogP contribution in [-0.4, -0.2) is 28.5 Å². The van der Waals surface area contributed by atoms with Crippen molar-refractivity contribution < 1.29 is 14.7 Å². The molecule has 0 aliphatic carbocycles. The zero-order valence-corrected chi connectivity index (χ0v) is 13.1. The van der Waals surface area contributed by atoms with Crippen molar-refractivity contribution in [2.45, 2.75) is 12.8 Å². The highest BCUT2D eigenvalue weighted by molar-refractivity contribution is 7.09. The molecule has 1 heterocycles. The van der Waals surface area contributed by atoms with E-state index in [0.29, 0.717) is 18.7 Å². The fourth-order valence-electron chi connectivity index (χ4n) is 1.78. The third-order valence-corrected chi connectivity index (χ3v) is 4.07. The zero-order valence-electron chi connectivity index (χ0n) is 11.5. The molecule has 1 aromatic carbocycles. The lowest BCUT2D eigenvalue weighted by Gasteiger charge is -2.07. The summed E-state index contributed by atoms with van der Waals surface area (Å²) in [6.07, 6.45) is 0.771. The van der Waals surface area contributed by atoms with Crippen LogP contribution in [0.4, 0.5) is 5.69 Å². The van der Waals surface area contributed by atoms with E-state index in [1.54, 1.807) is 5.38 Å². The fraction of sp³-hybridized carbons (Fsp3) is 0.214. The number of carboxylic acids is 1. The number of carboxylic acid groups (broad SMARTS) is 1. The van der Waals surface area contributed by atoms with Gasteiger partial charge in [0.05, 0.1) is 33.4 Å². The van der Waals surface area contributed by atoms with E-state index in [2.05, 4.69) is 10.3 Å². The number of aromatic nitrogens is 1. The Hall–Kier alpha value is -1.96. The molecule has 2 aromatic rings. The number of thiazole rings is 1. The number of amides is 1. The van der Waals surface area contributed by atoms with Gasteiger partial charge in [0.15, 0.2) is 0 Å². The molecule has 8 heteroatoms. The Morgan fingerprint density at radius 3 is 2.86 bits per heavy atom. The van der Waals surface area contributed by atoms with Crippen LogP contribution in [0.25, 0.3) is 0 Å². The number of nitrogens with zero attached hydrogens (tertiary/aromatic N) is 1. The van der Waals surface area contributed by atoms with Gasteiger partial charge in [-0.15, -0.1) is 11.3 Å². The molecule has 0 unspecified atom stereocenters. The number of nitrogens with one attached hydrogen (secondary N) is 1. The number of hydrogen-bond acceptors (Lipinski definition) is 5. The Morgan fingerprint density at radius 2 is 2.18 bits per heavy atom. The summed E-state index contributed by atoms with van der Waals surface area (Å²) >= 11 is 7.42. The molecule has 0 aliphatic heterocycles. The van der Waals surface area contributed by atoms with Gasteiger partial charge in [0.25, 0.3) is 0 Å². The van der Waals surface area contributed by atoms with E-state index in [9.17, 15) is 9.59 Å². The average Bonchev–Trinajstić information content (AvgIpc) is 2.88.